The van der Waals surface area contributed by atoms with E-state index in [0.717, 1.165) is 17.6 Å². The van der Waals surface area contributed by atoms with Crippen molar-refractivity contribution in [2.75, 3.05) is 19.6 Å². The van der Waals surface area contributed by atoms with Crippen molar-refractivity contribution in [1.82, 2.24) is 10.2 Å². The quantitative estimate of drug-likeness (QED) is 0.876. The van der Waals surface area contributed by atoms with Crippen LogP contribution in [0.25, 0.3) is 0 Å². The van der Waals surface area contributed by atoms with Crippen molar-refractivity contribution in [3.63, 3.8) is 0 Å². The van der Waals surface area contributed by atoms with E-state index >= 15 is 0 Å². The second kappa shape index (κ2) is 7.54. The van der Waals surface area contributed by atoms with Crippen molar-refractivity contribution in [3.05, 3.63) is 34.3 Å². The fourth-order valence-corrected chi connectivity index (χ4v) is 2.24. The molecule has 0 unspecified atom stereocenters. The topological polar surface area (TPSA) is 32.3 Å². The van der Waals surface area contributed by atoms with Crippen LogP contribution in [0.5, 0.6) is 0 Å². The zero-order valence-electron chi connectivity index (χ0n) is 11.2. The highest BCUT2D eigenvalue weighted by molar-refractivity contribution is 9.10. The molecule has 4 heteroatoms. The number of nitrogens with zero attached hydrogens (tertiary/aromatic N) is 1. The van der Waals surface area contributed by atoms with Crippen LogP contribution in [-0.4, -0.2) is 30.4 Å². The summed E-state index contributed by atoms with van der Waals surface area (Å²) in [6.07, 6.45) is 0. The van der Waals surface area contributed by atoms with Crippen LogP contribution in [0.15, 0.2) is 28.7 Å². The van der Waals surface area contributed by atoms with Gasteiger partial charge in [-0.15, -0.1) is 0 Å². The van der Waals surface area contributed by atoms with Crippen LogP contribution >= 0.6 is 15.9 Å². The normalized spacial score (nSPS) is 12.2. The van der Waals surface area contributed by atoms with Gasteiger partial charge in [0.05, 0.1) is 6.54 Å². The molecular weight excluding hydrogens is 292 g/mol. The molecule has 1 amide bonds. The van der Waals surface area contributed by atoms with Gasteiger partial charge in [-0.2, -0.15) is 0 Å². The summed E-state index contributed by atoms with van der Waals surface area (Å²) in [6, 6.07) is 8.30. The van der Waals surface area contributed by atoms with Gasteiger partial charge >= 0.3 is 0 Å². The third-order valence-electron chi connectivity index (χ3n) is 3.02. The molecule has 0 spiro atoms. The summed E-state index contributed by atoms with van der Waals surface area (Å²) in [5.74, 6) is 0.154. The fourth-order valence-electron chi connectivity index (χ4n) is 1.82. The Morgan fingerprint density at radius 2 is 2.06 bits per heavy atom. The summed E-state index contributed by atoms with van der Waals surface area (Å²) in [4.78, 5) is 13.7. The Morgan fingerprint density at radius 1 is 1.39 bits per heavy atom. The smallest absolute Gasteiger partial charge is 0.236 e. The molecule has 1 aromatic rings. The number of rotatable bonds is 6. The van der Waals surface area contributed by atoms with E-state index < -0.39 is 0 Å². The maximum Gasteiger partial charge on any atom is 0.236 e. The van der Waals surface area contributed by atoms with Crippen molar-refractivity contribution < 1.29 is 4.79 Å². The summed E-state index contributed by atoms with van der Waals surface area (Å²) in [5, 5.41) is 3.26. The number of carbonyl (C=O) groups is 1. The third kappa shape index (κ3) is 4.42. The van der Waals surface area contributed by atoms with Crippen LogP contribution in [0.1, 0.15) is 32.4 Å². The zero-order chi connectivity index (χ0) is 13.5. The highest BCUT2D eigenvalue weighted by Gasteiger charge is 2.11. The van der Waals surface area contributed by atoms with Crippen LogP contribution in [0.3, 0.4) is 0 Å². The van der Waals surface area contributed by atoms with E-state index in [1.165, 1.54) is 5.56 Å². The van der Waals surface area contributed by atoms with E-state index in [0.29, 0.717) is 6.54 Å². The van der Waals surface area contributed by atoms with Gasteiger partial charge in [0.15, 0.2) is 0 Å². The van der Waals surface area contributed by atoms with E-state index in [1.807, 2.05) is 30.9 Å². The Bertz CT molecular complexity index is 391. The first-order valence-electron chi connectivity index (χ1n) is 6.35. The molecule has 0 radical (unpaired) electrons. The molecule has 1 aromatic carbocycles. The molecule has 0 heterocycles. The molecule has 1 rings (SSSR count). The first-order valence-corrected chi connectivity index (χ1v) is 7.14. The van der Waals surface area contributed by atoms with Gasteiger partial charge in [-0.25, -0.2) is 0 Å². The third-order valence-corrected chi connectivity index (χ3v) is 3.52. The molecule has 0 saturated heterocycles. The zero-order valence-corrected chi connectivity index (χ0v) is 12.8. The number of halogens is 1. The Balaban J connectivity index is 2.51. The van der Waals surface area contributed by atoms with Crippen molar-refractivity contribution in [2.24, 2.45) is 0 Å². The number of carbonyl (C=O) groups excluding carboxylic acids is 1. The molecule has 0 aliphatic carbocycles. The summed E-state index contributed by atoms with van der Waals surface area (Å²) >= 11 is 3.45. The first-order chi connectivity index (χ1) is 8.58. The molecule has 0 aliphatic heterocycles. The van der Waals surface area contributed by atoms with E-state index in [2.05, 4.69) is 40.3 Å². The maximum absolute atomic E-state index is 11.9. The number of nitrogens with one attached hydrogen (secondary N) is 1. The van der Waals surface area contributed by atoms with Crippen molar-refractivity contribution in [2.45, 2.75) is 26.8 Å². The highest BCUT2D eigenvalue weighted by atomic mass is 79.9. The molecule has 18 heavy (non-hydrogen) atoms. The molecular formula is C14H21BrN2O. The fraction of sp³-hybridized carbons (Fsp3) is 0.500. The van der Waals surface area contributed by atoms with Gasteiger partial charge < -0.3 is 10.2 Å². The average Bonchev–Trinajstić information content (AvgIpc) is 2.37. The predicted octanol–water partition coefficient (Wildman–Crippen LogP) is 2.97. The van der Waals surface area contributed by atoms with Crippen LogP contribution in [-0.2, 0) is 4.79 Å². The molecule has 0 bridgehead atoms. The SMILES string of the molecule is CCN(CC)C(=O)CN[C@@H](C)c1cccc(Br)c1. The van der Waals surface area contributed by atoms with Crippen LogP contribution in [0.2, 0.25) is 0 Å². The molecule has 1 atom stereocenters. The second-order valence-electron chi connectivity index (χ2n) is 4.22. The Hall–Kier alpha value is -0.870. The number of amides is 1. The van der Waals surface area contributed by atoms with Crippen LogP contribution in [0, 0.1) is 0 Å². The van der Waals surface area contributed by atoms with Crippen molar-refractivity contribution in [1.29, 1.82) is 0 Å². The largest absolute Gasteiger partial charge is 0.342 e. The summed E-state index contributed by atoms with van der Waals surface area (Å²) < 4.78 is 1.06. The van der Waals surface area contributed by atoms with Gasteiger partial charge in [-0.3, -0.25) is 4.79 Å². The highest BCUT2D eigenvalue weighted by Crippen LogP contribution is 2.17. The van der Waals surface area contributed by atoms with E-state index in [4.69, 9.17) is 0 Å². The van der Waals surface area contributed by atoms with Gasteiger partial charge in [0.1, 0.15) is 0 Å². The lowest BCUT2D eigenvalue weighted by Crippen LogP contribution is -2.38. The Labute approximate surface area is 118 Å². The van der Waals surface area contributed by atoms with Gasteiger partial charge in [-0.1, -0.05) is 28.1 Å². The maximum atomic E-state index is 11.9. The van der Waals surface area contributed by atoms with Gasteiger partial charge in [0.2, 0.25) is 5.91 Å². The van der Waals surface area contributed by atoms with E-state index in [-0.39, 0.29) is 11.9 Å². The lowest BCUT2D eigenvalue weighted by Gasteiger charge is -2.21. The van der Waals surface area contributed by atoms with Crippen molar-refractivity contribution in [3.8, 4) is 0 Å². The Morgan fingerprint density at radius 3 is 2.61 bits per heavy atom. The monoisotopic (exact) mass is 312 g/mol. The summed E-state index contributed by atoms with van der Waals surface area (Å²) in [5.41, 5.74) is 1.18. The van der Waals surface area contributed by atoms with Gasteiger partial charge in [0, 0.05) is 23.6 Å². The average molecular weight is 313 g/mol. The molecule has 0 saturated carbocycles. The van der Waals surface area contributed by atoms with Crippen LogP contribution in [0.4, 0.5) is 0 Å². The predicted molar refractivity (Wildman–Crippen MR) is 78.5 cm³/mol. The van der Waals surface area contributed by atoms with Gasteiger partial charge in [0.25, 0.3) is 0 Å². The Kier molecular flexibility index (Phi) is 6.36. The lowest BCUT2D eigenvalue weighted by molar-refractivity contribution is -0.129. The summed E-state index contributed by atoms with van der Waals surface area (Å²) in [7, 11) is 0. The number of hydrogen-bond donors (Lipinski definition) is 1. The molecule has 0 aliphatic rings. The molecule has 0 fully saturated rings. The molecule has 0 aromatic heterocycles. The minimum Gasteiger partial charge on any atom is -0.342 e. The molecule has 100 valence electrons. The second-order valence-corrected chi connectivity index (χ2v) is 5.14. The van der Waals surface area contributed by atoms with Gasteiger partial charge in [-0.05, 0) is 38.5 Å². The minimum atomic E-state index is 0.154. The number of benzene rings is 1. The minimum absolute atomic E-state index is 0.154. The van der Waals surface area contributed by atoms with E-state index in [1.54, 1.807) is 0 Å². The number of likely N-dealkylation sites (N-methyl/N-ethyl adjacent to an activating group) is 1. The standard InChI is InChI=1S/C14H21BrN2O/c1-4-17(5-2)14(18)10-16-11(3)12-7-6-8-13(15)9-12/h6-9,11,16H,4-5,10H2,1-3H3/t11-/m0/s1. The first kappa shape index (κ1) is 15.2. The van der Waals surface area contributed by atoms with E-state index in [9.17, 15) is 4.79 Å². The molecule has 1 N–H and O–H groups in total. The summed E-state index contributed by atoms with van der Waals surface area (Å²) in [6.45, 7) is 7.98. The molecule has 3 nitrogen and oxygen atoms in total. The van der Waals surface area contributed by atoms with Crippen molar-refractivity contribution >= 4 is 21.8 Å². The lowest BCUT2D eigenvalue weighted by atomic mass is 10.1. The van der Waals surface area contributed by atoms with Crippen LogP contribution < -0.4 is 5.32 Å². The number of hydrogen-bond acceptors (Lipinski definition) is 2.